The maximum Gasteiger partial charge on any atom is 0.326 e. The van der Waals surface area contributed by atoms with Gasteiger partial charge in [0.15, 0.2) is 0 Å². The standard InChI is InChI=1S/C10H16N4O7/c11-2-6(15)12-3-7(16)13-4-8(17)14-5(10(20)21)1-9(18)19/h5H,1-4,11H2,(H,12,15)(H,13,16)(H,14,17)(H,18,19)(H,20,21). The van der Waals surface area contributed by atoms with Crippen LogP contribution in [0.4, 0.5) is 0 Å². The van der Waals surface area contributed by atoms with Crippen LogP contribution < -0.4 is 21.7 Å². The van der Waals surface area contributed by atoms with Crippen molar-refractivity contribution in [2.45, 2.75) is 12.5 Å². The van der Waals surface area contributed by atoms with Crippen LogP contribution in [0.5, 0.6) is 0 Å². The van der Waals surface area contributed by atoms with Gasteiger partial charge in [-0.25, -0.2) is 4.79 Å². The van der Waals surface area contributed by atoms with E-state index in [4.69, 9.17) is 15.9 Å². The molecule has 0 heterocycles. The Bertz CT molecular complexity index is 437. The van der Waals surface area contributed by atoms with Gasteiger partial charge in [0.2, 0.25) is 17.7 Å². The number of hydrogen-bond donors (Lipinski definition) is 6. The van der Waals surface area contributed by atoms with Crippen molar-refractivity contribution in [2.75, 3.05) is 19.6 Å². The predicted molar refractivity (Wildman–Crippen MR) is 66.9 cm³/mol. The summed E-state index contributed by atoms with van der Waals surface area (Å²) in [5.41, 5.74) is 4.99. The second-order valence-corrected chi connectivity index (χ2v) is 3.81. The number of carbonyl (C=O) groups excluding carboxylic acids is 3. The lowest BCUT2D eigenvalue weighted by atomic mass is 10.2. The highest BCUT2D eigenvalue weighted by atomic mass is 16.4. The Balaban J connectivity index is 4.12. The second kappa shape index (κ2) is 9.25. The summed E-state index contributed by atoms with van der Waals surface area (Å²) in [4.78, 5) is 54.4. The summed E-state index contributed by atoms with van der Waals surface area (Å²) >= 11 is 0. The van der Waals surface area contributed by atoms with Gasteiger partial charge in [-0.2, -0.15) is 0 Å². The molecule has 0 fully saturated rings. The molecule has 21 heavy (non-hydrogen) atoms. The molecule has 0 aromatic heterocycles. The number of hydrogen-bond acceptors (Lipinski definition) is 6. The highest BCUT2D eigenvalue weighted by Gasteiger charge is 2.22. The van der Waals surface area contributed by atoms with E-state index in [-0.39, 0.29) is 13.1 Å². The number of amides is 3. The Morgan fingerprint density at radius 3 is 1.90 bits per heavy atom. The van der Waals surface area contributed by atoms with E-state index < -0.39 is 48.7 Å². The normalized spacial score (nSPS) is 11.1. The smallest absolute Gasteiger partial charge is 0.326 e. The largest absolute Gasteiger partial charge is 0.481 e. The van der Waals surface area contributed by atoms with Crippen LogP contribution in [0.15, 0.2) is 0 Å². The fourth-order valence-electron chi connectivity index (χ4n) is 1.11. The molecule has 0 saturated heterocycles. The summed E-state index contributed by atoms with van der Waals surface area (Å²) < 4.78 is 0. The van der Waals surface area contributed by atoms with Gasteiger partial charge in [0.25, 0.3) is 0 Å². The minimum Gasteiger partial charge on any atom is -0.481 e. The Morgan fingerprint density at radius 1 is 0.905 bits per heavy atom. The quantitative estimate of drug-likeness (QED) is 0.250. The molecule has 0 saturated carbocycles. The van der Waals surface area contributed by atoms with Gasteiger partial charge < -0.3 is 31.9 Å². The molecule has 0 aromatic rings. The fraction of sp³-hybridized carbons (Fsp3) is 0.500. The molecular formula is C10H16N4O7. The van der Waals surface area contributed by atoms with Gasteiger partial charge in [-0.15, -0.1) is 0 Å². The molecule has 7 N–H and O–H groups in total. The number of nitrogens with two attached hydrogens (primary N) is 1. The van der Waals surface area contributed by atoms with Crippen LogP contribution in [0.25, 0.3) is 0 Å². The first-order valence-corrected chi connectivity index (χ1v) is 5.73. The first-order valence-electron chi connectivity index (χ1n) is 5.73. The van der Waals surface area contributed by atoms with E-state index in [2.05, 4.69) is 10.6 Å². The number of carboxylic acids is 2. The van der Waals surface area contributed by atoms with Gasteiger partial charge in [0, 0.05) is 0 Å². The van der Waals surface area contributed by atoms with Gasteiger partial charge in [-0.1, -0.05) is 0 Å². The maximum atomic E-state index is 11.3. The molecule has 0 aliphatic heterocycles. The molecular weight excluding hydrogens is 288 g/mol. The van der Waals surface area contributed by atoms with E-state index >= 15 is 0 Å². The van der Waals surface area contributed by atoms with E-state index in [9.17, 15) is 24.0 Å². The van der Waals surface area contributed by atoms with Crippen molar-refractivity contribution in [3.63, 3.8) is 0 Å². The monoisotopic (exact) mass is 304 g/mol. The lowest BCUT2D eigenvalue weighted by Crippen LogP contribution is -2.48. The summed E-state index contributed by atoms with van der Waals surface area (Å²) in [6, 6.07) is -1.59. The summed E-state index contributed by atoms with van der Waals surface area (Å²) in [5.74, 6) is -5.01. The molecule has 0 bridgehead atoms. The third-order valence-electron chi connectivity index (χ3n) is 2.09. The highest BCUT2D eigenvalue weighted by Crippen LogP contribution is 1.92. The first-order chi connectivity index (χ1) is 9.76. The fourth-order valence-corrected chi connectivity index (χ4v) is 1.11. The van der Waals surface area contributed by atoms with Crippen LogP contribution in [0, 0.1) is 0 Å². The molecule has 118 valence electrons. The molecule has 11 nitrogen and oxygen atoms in total. The molecule has 0 aliphatic carbocycles. The Hall–Kier alpha value is -2.69. The number of rotatable bonds is 9. The molecule has 0 radical (unpaired) electrons. The molecule has 0 spiro atoms. The van der Waals surface area contributed by atoms with Crippen LogP contribution in [0.1, 0.15) is 6.42 Å². The van der Waals surface area contributed by atoms with Crippen LogP contribution in [-0.2, 0) is 24.0 Å². The maximum absolute atomic E-state index is 11.3. The lowest BCUT2D eigenvalue weighted by molar-refractivity contribution is -0.147. The third kappa shape index (κ3) is 8.93. The van der Waals surface area contributed by atoms with Crippen molar-refractivity contribution < 1.29 is 34.2 Å². The first kappa shape index (κ1) is 18.3. The molecule has 1 atom stereocenters. The van der Waals surface area contributed by atoms with Crippen molar-refractivity contribution in [1.82, 2.24) is 16.0 Å². The molecule has 0 rings (SSSR count). The minimum atomic E-state index is -1.59. The van der Waals surface area contributed by atoms with E-state index in [0.717, 1.165) is 0 Å². The van der Waals surface area contributed by atoms with E-state index in [1.165, 1.54) is 0 Å². The van der Waals surface area contributed by atoms with Gasteiger partial charge in [-0.3, -0.25) is 19.2 Å². The van der Waals surface area contributed by atoms with Crippen LogP contribution in [0.2, 0.25) is 0 Å². The second-order valence-electron chi connectivity index (χ2n) is 3.81. The third-order valence-corrected chi connectivity index (χ3v) is 2.09. The summed E-state index contributed by atoms with van der Waals surface area (Å²) in [6.45, 7) is -1.23. The zero-order valence-electron chi connectivity index (χ0n) is 10.9. The van der Waals surface area contributed by atoms with Crippen LogP contribution in [-0.4, -0.2) is 65.5 Å². The Labute approximate surface area is 118 Å². The summed E-state index contributed by atoms with van der Waals surface area (Å²) in [5, 5.41) is 23.4. The topological polar surface area (TPSA) is 188 Å². The number of carbonyl (C=O) groups is 5. The number of carboxylic acid groups (broad SMARTS) is 2. The van der Waals surface area contributed by atoms with E-state index in [0.29, 0.717) is 0 Å². The SMILES string of the molecule is NCC(=O)NCC(=O)NCC(=O)NC(CC(=O)O)C(=O)O. The Kier molecular flexibility index (Phi) is 8.07. The zero-order valence-corrected chi connectivity index (χ0v) is 10.9. The molecule has 11 heteroatoms. The minimum absolute atomic E-state index is 0.288. The lowest BCUT2D eigenvalue weighted by Gasteiger charge is -2.12. The molecule has 0 aromatic carbocycles. The number of nitrogens with one attached hydrogen (secondary N) is 3. The van der Waals surface area contributed by atoms with Crippen LogP contribution >= 0.6 is 0 Å². The zero-order chi connectivity index (χ0) is 16.4. The van der Waals surface area contributed by atoms with Crippen molar-refractivity contribution in [2.24, 2.45) is 5.73 Å². The Morgan fingerprint density at radius 2 is 1.43 bits per heavy atom. The predicted octanol–water partition coefficient (Wildman–Crippen LogP) is -3.78. The van der Waals surface area contributed by atoms with Gasteiger partial charge >= 0.3 is 11.9 Å². The number of aliphatic carboxylic acids is 2. The average molecular weight is 304 g/mol. The van der Waals surface area contributed by atoms with Crippen molar-refractivity contribution in [3.05, 3.63) is 0 Å². The highest BCUT2D eigenvalue weighted by molar-refractivity contribution is 5.91. The van der Waals surface area contributed by atoms with Gasteiger partial charge in [0.05, 0.1) is 26.1 Å². The van der Waals surface area contributed by atoms with Crippen LogP contribution in [0.3, 0.4) is 0 Å². The summed E-state index contributed by atoms with van der Waals surface area (Å²) in [7, 11) is 0. The molecule has 1 unspecified atom stereocenters. The summed E-state index contributed by atoms with van der Waals surface area (Å²) in [6.07, 6.45) is -0.790. The van der Waals surface area contributed by atoms with Crippen molar-refractivity contribution in [1.29, 1.82) is 0 Å². The van der Waals surface area contributed by atoms with Crippen molar-refractivity contribution >= 4 is 29.7 Å². The molecule has 3 amide bonds. The van der Waals surface area contributed by atoms with E-state index in [1.54, 1.807) is 0 Å². The van der Waals surface area contributed by atoms with E-state index in [1.807, 2.05) is 5.32 Å². The van der Waals surface area contributed by atoms with Gasteiger partial charge in [-0.05, 0) is 0 Å². The van der Waals surface area contributed by atoms with Crippen molar-refractivity contribution in [3.8, 4) is 0 Å². The molecule has 0 aliphatic rings. The average Bonchev–Trinajstić information content (AvgIpc) is 2.41. The van der Waals surface area contributed by atoms with Gasteiger partial charge in [0.1, 0.15) is 6.04 Å².